The number of amides is 3. The number of aliphatic hydroxyl groups excluding tert-OH is 1. The Kier molecular flexibility index (Phi) is 9.87. The van der Waals surface area contributed by atoms with Crippen molar-refractivity contribution in [3.63, 3.8) is 0 Å². The standard InChI is InChI=1S/C31H33Cl2N7O6/c1-31(2,3)24-16-26(40(38-24)18-5-7-20(44-4)8-6-18)37-29(42)35-22-9-10-23(28(33)27(22)32)45-21-11-13-34-25(15-21)36-30(43)46-39-14-12-19(41)17-39/h5-11,13,15-16,19,41H,12,14,17H2,1-4H3,(H,34,36,43)(H2,35,37,42). The number of urea groups is 1. The van der Waals surface area contributed by atoms with Crippen LogP contribution in [0.4, 0.5) is 26.9 Å². The number of anilines is 3. The van der Waals surface area contributed by atoms with Gasteiger partial charge >= 0.3 is 12.1 Å². The van der Waals surface area contributed by atoms with Gasteiger partial charge in [0.05, 0.1) is 41.8 Å². The van der Waals surface area contributed by atoms with Crippen LogP contribution in [0.25, 0.3) is 5.69 Å². The quantitative estimate of drug-likeness (QED) is 0.158. The minimum Gasteiger partial charge on any atom is -0.497 e. The molecule has 5 rings (SSSR count). The van der Waals surface area contributed by atoms with Gasteiger partial charge in [-0.3, -0.25) is 10.6 Å². The molecule has 3 amide bonds. The number of ether oxygens (including phenoxy) is 2. The summed E-state index contributed by atoms with van der Waals surface area (Å²) in [4.78, 5) is 34.6. The number of methoxy groups -OCH3 is 1. The van der Waals surface area contributed by atoms with Crippen molar-refractivity contribution in [2.75, 3.05) is 36.1 Å². The molecule has 242 valence electrons. The molecule has 0 saturated carbocycles. The third-order valence-corrected chi connectivity index (χ3v) is 7.72. The summed E-state index contributed by atoms with van der Waals surface area (Å²) in [6, 6.07) is 14.7. The van der Waals surface area contributed by atoms with E-state index in [2.05, 4.69) is 20.9 Å². The van der Waals surface area contributed by atoms with Gasteiger partial charge < -0.3 is 24.7 Å². The van der Waals surface area contributed by atoms with Crippen molar-refractivity contribution in [1.29, 1.82) is 0 Å². The van der Waals surface area contributed by atoms with Crippen LogP contribution >= 0.6 is 23.2 Å². The number of hydrogen-bond acceptors (Lipinski definition) is 9. The molecule has 4 N–H and O–H groups in total. The highest BCUT2D eigenvalue weighted by molar-refractivity contribution is 6.45. The van der Waals surface area contributed by atoms with E-state index in [0.717, 1.165) is 11.4 Å². The predicted molar refractivity (Wildman–Crippen MR) is 175 cm³/mol. The summed E-state index contributed by atoms with van der Waals surface area (Å²) in [7, 11) is 1.59. The second-order valence-electron chi connectivity index (χ2n) is 11.4. The molecule has 3 heterocycles. The number of hydroxylamine groups is 2. The number of β-amino-alcohol motifs (C(OH)–C–C–N with tert-alkyl or cyclic N) is 1. The number of halogens is 2. The normalized spacial score (nSPS) is 14.9. The van der Waals surface area contributed by atoms with E-state index in [1.54, 1.807) is 30.0 Å². The first-order chi connectivity index (χ1) is 21.9. The van der Waals surface area contributed by atoms with Gasteiger partial charge in [-0.25, -0.2) is 19.3 Å². The molecule has 0 radical (unpaired) electrons. The Hall–Kier alpha value is -4.56. The van der Waals surface area contributed by atoms with Gasteiger partial charge in [0.25, 0.3) is 0 Å². The summed E-state index contributed by atoms with van der Waals surface area (Å²) >= 11 is 13.1. The molecule has 1 fully saturated rings. The fourth-order valence-corrected chi connectivity index (χ4v) is 4.85. The van der Waals surface area contributed by atoms with Crippen LogP contribution in [0.2, 0.25) is 10.0 Å². The number of rotatable bonds is 8. The SMILES string of the molecule is COc1ccc(-n2nc(C(C)(C)C)cc2NC(=O)Nc2ccc(Oc3ccnc(NC(=O)ON4CCC(O)C4)c3)c(Cl)c2Cl)cc1. The van der Waals surface area contributed by atoms with E-state index in [4.69, 9.17) is 42.6 Å². The second kappa shape index (κ2) is 13.8. The topological polar surface area (TPSA) is 152 Å². The van der Waals surface area contributed by atoms with Crippen LogP contribution in [-0.2, 0) is 10.3 Å². The molecule has 46 heavy (non-hydrogen) atoms. The Labute approximate surface area is 275 Å². The van der Waals surface area contributed by atoms with Crippen molar-refractivity contribution in [1.82, 2.24) is 19.8 Å². The number of aromatic nitrogens is 3. The lowest BCUT2D eigenvalue weighted by atomic mass is 9.92. The molecule has 0 bridgehead atoms. The van der Waals surface area contributed by atoms with E-state index in [9.17, 15) is 14.7 Å². The maximum atomic E-state index is 13.1. The molecule has 15 heteroatoms. The Bertz CT molecular complexity index is 1730. The van der Waals surface area contributed by atoms with Crippen molar-refractivity contribution in [3.05, 3.63) is 76.5 Å². The zero-order valence-electron chi connectivity index (χ0n) is 25.5. The molecule has 1 atom stereocenters. The molecule has 1 saturated heterocycles. The second-order valence-corrected chi connectivity index (χ2v) is 12.2. The Balaban J connectivity index is 1.26. The highest BCUT2D eigenvalue weighted by Gasteiger charge is 2.24. The molecule has 2 aromatic heterocycles. The number of nitrogens with zero attached hydrogens (tertiary/aromatic N) is 4. The van der Waals surface area contributed by atoms with Crippen molar-refractivity contribution in [2.45, 2.75) is 38.7 Å². The van der Waals surface area contributed by atoms with Gasteiger partial charge in [0.2, 0.25) is 0 Å². The smallest absolute Gasteiger partial charge is 0.431 e. The third kappa shape index (κ3) is 7.98. The number of benzene rings is 2. The van der Waals surface area contributed by atoms with Gasteiger partial charge in [0.15, 0.2) is 0 Å². The molecule has 1 aliphatic rings. The van der Waals surface area contributed by atoms with Crippen LogP contribution < -0.4 is 25.4 Å². The summed E-state index contributed by atoms with van der Waals surface area (Å²) in [5.74, 6) is 1.82. The number of pyridine rings is 1. The number of nitrogens with one attached hydrogen (secondary N) is 3. The lowest BCUT2D eigenvalue weighted by molar-refractivity contribution is -0.0808. The van der Waals surface area contributed by atoms with Crippen LogP contribution in [0.15, 0.2) is 60.8 Å². The fraction of sp³-hybridized carbons (Fsp3) is 0.290. The third-order valence-electron chi connectivity index (χ3n) is 6.86. The monoisotopic (exact) mass is 669 g/mol. The first kappa shape index (κ1) is 32.8. The van der Waals surface area contributed by atoms with Crippen LogP contribution in [0, 0.1) is 0 Å². The molecule has 13 nitrogen and oxygen atoms in total. The zero-order valence-corrected chi connectivity index (χ0v) is 27.0. The van der Waals surface area contributed by atoms with Crippen molar-refractivity contribution in [2.24, 2.45) is 0 Å². The Morgan fingerprint density at radius 3 is 2.41 bits per heavy atom. The van der Waals surface area contributed by atoms with Gasteiger partial charge in [-0.05, 0) is 48.9 Å². The van der Waals surface area contributed by atoms with E-state index in [-0.39, 0.29) is 39.3 Å². The average Bonchev–Trinajstić information content (AvgIpc) is 3.63. The largest absolute Gasteiger partial charge is 0.497 e. The maximum Gasteiger partial charge on any atom is 0.431 e. The van der Waals surface area contributed by atoms with Crippen LogP contribution in [0.3, 0.4) is 0 Å². The summed E-state index contributed by atoms with van der Waals surface area (Å²) in [5, 5.41) is 23.9. The van der Waals surface area contributed by atoms with Crippen LogP contribution in [0.1, 0.15) is 32.9 Å². The summed E-state index contributed by atoms with van der Waals surface area (Å²) in [6.45, 7) is 6.76. The molecule has 2 aromatic carbocycles. The first-order valence-corrected chi connectivity index (χ1v) is 15.0. The number of aliphatic hydroxyl groups is 1. The average molecular weight is 671 g/mol. The zero-order chi connectivity index (χ0) is 33.0. The van der Waals surface area contributed by atoms with E-state index < -0.39 is 18.2 Å². The Morgan fingerprint density at radius 1 is 0.978 bits per heavy atom. The molecule has 0 spiro atoms. The highest BCUT2D eigenvalue weighted by Crippen LogP contribution is 2.40. The summed E-state index contributed by atoms with van der Waals surface area (Å²) < 4.78 is 12.8. The Morgan fingerprint density at radius 2 is 1.74 bits per heavy atom. The minimum atomic E-state index is -0.754. The number of carbonyl (C=O) groups is 2. The minimum absolute atomic E-state index is 0.0519. The van der Waals surface area contributed by atoms with E-state index in [1.807, 2.05) is 51.1 Å². The molecule has 1 aliphatic heterocycles. The predicted octanol–water partition coefficient (Wildman–Crippen LogP) is 6.85. The summed E-state index contributed by atoms with van der Waals surface area (Å²) in [5.41, 5.74) is 1.48. The lowest BCUT2D eigenvalue weighted by Crippen LogP contribution is -2.29. The van der Waals surface area contributed by atoms with E-state index >= 15 is 0 Å². The summed E-state index contributed by atoms with van der Waals surface area (Å²) in [6.07, 6.45) is 0.662. The van der Waals surface area contributed by atoms with E-state index in [0.29, 0.717) is 30.3 Å². The van der Waals surface area contributed by atoms with E-state index in [1.165, 1.54) is 17.3 Å². The van der Waals surface area contributed by atoms with Gasteiger partial charge in [0.1, 0.15) is 33.9 Å². The van der Waals surface area contributed by atoms with Crippen LogP contribution in [0.5, 0.6) is 17.2 Å². The van der Waals surface area contributed by atoms with Crippen molar-refractivity contribution < 1.29 is 29.0 Å². The first-order valence-electron chi connectivity index (χ1n) is 14.3. The van der Waals surface area contributed by atoms with Crippen LogP contribution in [-0.4, -0.2) is 63.4 Å². The molecule has 0 aliphatic carbocycles. The van der Waals surface area contributed by atoms with Gasteiger partial charge in [0, 0.05) is 30.3 Å². The number of hydrogen-bond donors (Lipinski definition) is 4. The van der Waals surface area contributed by atoms with Crippen molar-refractivity contribution in [3.8, 4) is 22.9 Å². The molecular weight excluding hydrogens is 637 g/mol. The number of carbonyl (C=O) groups excluding carboxylic acids is 2. The van der Waals surface area contributed by atoms with Gasteiger partial charge in [-0.15, -0.1) is 5.06 Å². The molecular formula is C31H33Cl2N7O6. The fourth-order valence-electron chi connectivity index (χ4n) is 4.44. The maximum absolute atomic E-state index is 13.1. The lowest BCUT2D eigenvalue weighted by Gasteiger charge is -2.15. The highest BCUT2D eigenvalue weighted by atomic mass is 35.5. The van der Waals surface area contributed by atoms with Gasteiger partial charge in [-0.1, -0.05) is 44.0 Å². The molecule has 4 aromatic rings. The van der Waals surface area contributed by atoms with Gasteiger partial charge in [-0.2, -0.15) is 5.10 Å². The molecule has 1 unspecified atom stereocenters. The van der Waals surface area contributed by atoms with Crippen molar-refractivity contribution >= 4 is 52.6 Å².